The van der Waals surface area contributed by atoms with E-state index < -0.39 is 0 Å². The highest BCUT2D eigenvalue weighted by atomic mass is 16.5. The molecule has 1 fully saturated rings. The van der Waals surface area contributed by atoms with Crippen LogP contribution in [0.4, 0.5) is 0 Å². The van der Waals surface area contributed by atoms with E-state index >= 15 is 0 Å². The lowest BCUT2D eigenvalue weighted by atomic mass is 10.0. The number of methoxy groups -OCH3 is 1. The van der Waals surface area contributed by atoms with Gasteiger partial charge in [0.2, 0.25) is 0 Å². The van der Waals surface area contributed by atoms with Crippen molar-refractivity contribution in [3.63, 3.8) is 0 Å². The van der Waals surface area contributed by atoms with Gasteiger partial charge in [-0.15, -0.1) is 0 Å². The first-order chi connectivity index (χ1) is 9.20. The van der Waals surface area contributed by atoms with Gasteiger partial charge in [0, 0.05) is 13.1 Å². The van der Waals surface area contributed by atoms with Gasteiger partial charge in [0.15, 0.2) is 0 Å². The van der Waals surface area contributed by atoms with E-state index in [-0.39, 0.29) is 6.10 Å². The molecule has 3 atom stereocenters. The van der Waals surface area contributed by atoms with Crippen LogP contribution in [0.5, 0.6) is 5.75 Å². The summed E-state index contributed by atoms with van der Waals surface area (Å²) in [6.45, 7) is 4.11. The largest absolute Gasteiger partial charge is 0.497 e. The molecule has 0 amide bonds. The van der Waals surface area contributed by atoms with Crippen LogP contribution in [0, 0.1) is 5.92 Å². The second kappa shape index (κ2) is 6.92. The fourth-order valence-corrected chi connectivity index (χ4v) is 2.79. The summed E-state index contributed by atoms with van der Waals surface area (Å²) in [7, 11) is 1.69. The predicted octanol–water partition coefficient (Wildman–Crippen LogP) is 2.55. The Hall–Kier alpha value is -1.06. The molecule has 0 spiro atoms. The maximum absolute atomic E-state index is 9.77. The highest BCUT2D eigenvalue weighted by Gasteiger charge is 2.24. The summed E-state index contributed by atoms with van der Waals surface area (Å²) in [5, 5.41) is 13.3. The van der Waals surface area contributed by atoms with Crippen LogP contribution in [0.15, 0.2) is 24.3 Å². The number of aliphatic hydroxyl groups excluding tert-OH is 1. The Morgan fingerprint density at radius 2 is 2.05 bits per heavy atom. The minimum absolute atomic E-state index is 0.0937. The lowest BCUT2D eigenvalue weighted by Gasteiger charge is -2.18. The molecule has 0 saturated heterocycles. The van der Waals surface area contributed by atoms with Crippen molar-refractivity contribution in [2.45, 2.75) is 38.2 Å². The molecule has 3 nitrogen and oxygen atoms in total. The van der Waals surface area contributed by atoms with Crippen molar-refractivity contribution in [2.75, 3.05) is 20.2 Å². The van der Waals surface area contributed by atoms with Crippen LogP contribution in [-0.2, 0) is 0 Å². The van der Waals surface area contributed by atoms with Gasteiger partial charge in [-0.3, -0.25) is 0 Å². The van der Waals surface area contributed by atoms with E-state index in [1.807, 2.05) is 12.1 Å². The summed E-state index contributed by atoms with van der Waals surface area (Å²) in [5.41, 5.74) is 1.32. The number of hydrogen-bond donors (Lipinski definition) is 2. The highest BCUT2D eigenvalue weighted by Crippen LogP contribution is 2.25. The van der Waals surface area contributed by atoms with Crippen molar-refractivity contribution in [3.8, 4) is 5.75 Å². The summed E-state index contributed by atoms with van der Waals surface area (Å²) in [5.74, 6) is 1.82. The first kappa shape index (κ1) is 14.4. The van der Waals surface area contributed by atoms with E-state index in [0.717, 1.165) is 31.7 Å². The minimum atomic E-state index is -0.0937. The molecule has 1 aromatic carbocycles. The van der Waals surface area contributed by atoms with Crippen LogP contribution in [0.3, 0.4) is 0 Å². The summed E-state index contributed by atoms with van der Waals surface area (Å²) >= 11 is 0. The zero-order valence-corrected chi connectivity index (χ0v) is 11.9. The molecule has 1 aromatic rings. The molecule has 0 aliphatic heterocycles. The summed E-state index contributed by atoms with van der Waals surface area (Å²) in [6, 6.07) is 8.25. The molecule has 0 heterocycles. The normalized spacial score (nSPS) is 24.4. The quantitative estimate of drug-likeness (QED) is 0.829. The maximum Gasteiger partial charge on any atom is 0.118 e. The Bertz CT molecular complexity index is 377. The van der Waals surface area contributed by atoms with Crippen LogP contribution >= 0.6 is 0 Å². The van der Waals surface area contributed by atoms with Gasteiger partial charge in [0.1, 0.15) is 5.75 Å². The third kappa shape index (κ3) is 3.95. The fraction of sp³-hybridized carbons (Fsp3) is 0.625. The number of aliphatic hydroxyl groups is 1. The van der Waals surface area contributed by atoms with Crippen molar-refractivity contribution in [3.05, 3.63) is 29.8 Å². The molecule has 1 aliphatic rings. The standard InChI is InChI=1S/C16H25NO2/c1-12(13-6-8-15(19-2)9-7-13)10-17-11-14-4-3-5-16(14)18/h6-9,12,14,16-18H,3-5,10-11H2,1-2H3/t12-,14-,16-/m1/s1. The monoisotopic (exact) mass is 263 g/mol. The molecule has 0 bridgehead atoms. The molecule has 3 heteroatoms. The summed E-state index contributed by atoms with van der Waals surface area (Å²) < 4.78 is 5.17. The van der Waals surface area contributed by atoms with Gasteiger partial charge in [0.05, 0.1) is 13.2 Å². The van der Waals surface area contributed by atoms with E-state index in [0.29, 0.717) is 11.8 Å². The lowest BCUT2D eigenvalue weighted by molar-refractivity contribution is 0.131. The number of hydrogen-bond acceptors (Lipinski definition) is 3. The van der Waals surface area contributed by atoms with Crippen molar-refractivity contribution >= 4 is 0 Å². The Morgan fingerprint density at radius 3 is 2.63 bits per heavy atom. The first-order valence-corrected chi connectivity index (χ1v) is 7.23. The van der Waals surface area contributed by atoms with E-state index in [1.165, 1.54) is 12.0 Å². The molecule has 0 unspecified atom stereocenters. The fourth-order valence-electron chi connectivity index (χ4n) is 2.79. The molecule has 0 aromatic heterocycles. The van der Waals surface area contributed by atoms with Crippen LogP contribution in [-0.4, -0.2) is 31.4 Å². The van der Waals surface area contributed by atoms with E-state index in [9.17, 15) is 5.11 Å². The highest BCUT2D eigenvalue weighted by molar-refractivity contribution is 5.29. The van der Waals surface area contributed by atoms with Crippen molar-refractivity contribution in [1.82, 2.24) is 5.32 Å². The zero-order valence-electron chi connectivity index (χ0n) is 11.9. The van der Waals surface area contributed by atoms with E-state index in [2.05, 4.69) is 24.4 Å². The molecule has 0 radical (unpaired) electrons. The van der Waals surface area contributed by atoms with Gasteiger partial charge < -0.3 is 15.2 Å². The van der Waals surface area contributed by atoms with Crippen LogP contribution in [0.2, 0.25) is 0 Å². The van der Waals surface area contributed by atoms with Gasteiger partial charge >= 0.3 is 0 Å². The molecular weight excluding hydrogens is 238 g/mol. The van der Waals surface area contributed by atoms with Crippen LogP contribution in [0.25, 0.3) is 0 Å². The Labute approximate surface area is 116 Å². The van der Waals surface area contributed by atoms with Gasteiger partial charge in [-0.25, -0.2) is 0 Å². The molecule has 2 rings (SSSR count). The topological polar surface area (TPSA) is 41.5 Å². The number of ether oxygens (including phenoxy) is 1. The van der Waals surface area contributed by atoms with Gasteiger partial charge in [-0.2, -0.15) is 0 Å². The van der Waals surface area contributed by atoms with Crippen molar-refractivity contribution in [1.29, 1.82) is 0 Å². The Morgan fingerprint density at radius 1 is 1.32 bits per heavy atom. The Kier molecular flexibility index (Phi) is 5.23. The molecule has 1 aliphatic carbocycles. The second-order valence-corrected chi connectivity index (χ2v) is 5.59. The summed E-state index contributed by atoms with van der Waals surface area (Å²) in [4.78, 5) is 0. The number of benzene rings is 1. The predicted molar refractivity (Wildman–Crippen MR) is 77.6 cm³/mol. The van der Waals surface area contributed by atoms with E-state index in [4.69, 9.17) is 4.74 Å². The molecule has 19 heavy (non-hydrogen) atoms. The van der Waals surface area contributed by atoms with Gasteiger partial charge in [-0.1, -0.05) is 25.5 Å². The molecule has 106 valence electrons. The van der Waals surface area contributed by atoms with Crippen LogP contribution in [0.1, 0.15) is 37.7 Å². The van der Waals surface area contributed by atoms with Gasteiger partial charge in [-0.05, 0) is 42.4 Å². The number of nitrogens with one attached hydrogen (secondary N) is 1. The SMILES string of the molecule is COc1ccc([C@H](C)CNC[C@H]2CCC[C@H]2O)cc1. The van der Waals surface area contributed by atoms with Crippen LogP contribution < -0.4 is 10.1 Å². The Balaban J connectivity index is 1.75. The van der Waals surface area contributed by atoms with E-state index in [1.54, 1.807) is 7.11 Å². The van der Waals surface area contributed by atoms with Crippen molar-refractivity contribution < 1.29 is 9.84 Å². The molecule has 1 saturated carbocycles. The third-order valence-corrected chi connectivity index (χ3v) is 4.16. The first-order valence-electron chi connectivity index (χ1n) is 7.23. The summed E-state index contributed by atoms with van der Waals surface area (Å²) in [6.07, 6.45) is 3.20. The number of rotatable bonds is 6. The molecule has 2 N–H and O–H groups in total. The smallest absolute Gasteiger partial charge is 0.118 e. The third-order valence-electron chi connectivity index (χ3n) is 4.16. The average molecular weight is 263 g/mol. The van der Waals surface area contributed by atoms with Crippen molar-refractivity contribution in [2.24, 2.45) is 5.92 Å². The molecular formula is C16H25NO2. The minimum Gasteiger partial charge on any atom is -0.497 e. The maximum atomic E-state index is 9.77. The lowest BCUT2D eigenvalue weighted by Crippen LogP contribution is -2.30. The van der Waals surface area contributed by atoms with Gasteiger partial charge in [0.25, 0.3) is 0 Å². The second-order valence-electron chi connectivity index (χ2n) is 5.59. The zero-order chi connectivity index (χ0) is 13.7. The average Bonchev–Trinajstić information content (AvgIpc) is 2.84.